The van der Waals surface area contributed by atoms with Crippen molar-refractivity contribution in [1.82, 2.24) is 16.2 Å². The van der Waals surface area contributed by atoms with Crippen molar-refractivity contribution in [1.29, 1.82) is 0 Å². The molecule has 0 saturated heterocycles. The number of hydrazine groups is 1. The van der Waals surface area contributed by atoms with Gasteiger partial charge in [0.05, 0.1) is 0 Å². The molecule has 0 aliphatic rings. The molecule has 0 fully saturated rings. The molecule has 0 bridgehead atoms. The molecular formula is C20H23N3O3S. The average molecular weight is 385 g/mol. The second kappa shape index (κ2) is 10.9. The van der Waals surface area contributed by atoms with Crippen LogP contribution >= 0.6 is 12.2 Å². The van der Waals surface area contributed by atoms with Crippen LogP contribution < -0.4 is 20.9 Å². The largest absolute Gasteiger partial charge is 0.484 e. The molecule has 0 spiro atoms. The third-order valence-corrected chi connectivity index (χ3v) is 3.86. The normalized spacial score (nSPS) is 9.96. The van der Waals surface area contributed by atoms with Gasteiger partial charge in [-0.2, -0.15) is 0 Å². The second-order valence-corrected chi connectivity index (χ2v) is 6.24. The maximum atomic E-state index is 11.8. The summed E-state index contributed by atoms with van der Waals surface area (Å²) in [5, 5.41) is 2.54. The molecule has 7 heteroatoms. The molecule has 27 heavy (non-hydrogen) atoms. The fourth-order valence-corrected chi connectivity index (χ4v) is 2.41. The van der Waals surface area contributed by atoms with Crippen LogP contribution in [-0.4, -0.2) is 23.5 Å². The van der Waals surface area contributed by atoms with Crippen LogP contribution in [0.15, 0.2) is 54.6 Å². The SMILES string of the molecule is CCCCC(=O)NC(=S)NNC(=O)COc1ccc(-c2ccccc2)cc1. The van der Waals surface area contributed by atoms with Crippen molar-refractivity contribution in [3.8, 4) is 16.9 Å². The van der Waals surface area contributed by atoms with Crippen molar-refractivity contribution in [2.45, 2.75) is 26.2 Å². The van der Waals surface area contributed by atoms with Crippen LogP contribution in [-0.2, 0) is 9.59 Å². The first-order chi connectivity index (χ1) is 13.1. The van der Waals surface area contributed by atoms with Crippen molar-refractivity contribution in [3.05, 3.63) is 54.6 Å². The fraction of sp³-hybridized carbons (Fsp3) is 0.250. The van der Waals surface area contributed by atoms with Crippen LogP contribution in [0.25, 0.3) is 11.1 Å². The van der Waals surface area contributed by atoms with Crippen LogP contribution in [0.5, 0.6) is 5.75 Å². The number of nitrogens with one attached hydrogen (secondary N) is 3. The summed E-state index contributed by atoms with van der Waals surface area (Å²) in [5.74, 6) is -0.00840. The zero-order valence-corrected chi connectivity index (χ0v) is 16.0. The zero-order valence-electron chi connectivity index (χ0n) is 15.2. The van der Waals surface area contributed by atoms with E-state index in [-0.39, 0.29) is 17.6 Å². The highest BCUT2D eigenvalue weighted by atomic mass is 32.1. The van der Waals surface area contributed by atoms with Crippen molar-refractivity contribution in [2.75, 3.05) is 6.61 Å². The minimum Gasteiger partial charge on any atom is -0.484 e. The number of thiocarbonyl (C=S) groups is 1. The van der Waals surface area contributed by atoms with Crippen LogP contribution in [0.1, 0.15) is 26.2 Å². The third kappa shape index (κ3) is 7.45. The average Bonchev–Trinajstić information content (AvgIpc) is 2.70. The molecule has 0 aromatic heterocycles. The van der Waals surface area contributed by atoms with E-state index in [0.717, 1.165) is 24.0 Å². The molecule has 0 radical (unpaired) electrons. The lowest BCUT2D eigenvalue weighted by atomic mass is 10.1. The highest BCUT2D eigenvalue weighted by Crippen LogP contribution is 2.21. The van der Waals surface area contributed by atoms with Gasteiger partial charge in [-0.15, -0.1) is 0 Å². The van der Waals surface area contributed by atoms with E-state index in [1.807, 2.05) is 61.5 Å². The maximum absolute atomic E-state index is 11.8. The van der Waals surface area contributed by atoms with Crippen molar-refractivity contribution < 1.29 is 14.3 Å². The lowest BCUT2D eigenvalue weighted by molar-refractivity contribution is -0.124. The van der Waals surface area contributed by atoms with Crippen molar-refractivity contribution in [2.24, 2.45) is 0 Å². The van der Waals surface area contributed by atoms with E-state index in [2.05, 4.69) is 16.2 Å². The summed E-state index contributed by atoms with van der Waals surface area (Å²) in [6.45, 7) is 1.82. The van der Waals surface area contributed by atoms with E-state index >= 15 is 0 Å². The Hall–Kier alpha value is -2.93. The number of unbranched alkanes of at least 4 members (excludes halogenated alkanes) is 1. The molecule has 3 N–H and O–H groups in total. The Labute approximate surface area is 164 Å². The molecule has 0 aliphatic carbocycles. The lowest BCUT2D eigenvalue weighted by Crippen LogP contribution is -2.49. The van der Waals surface area contributed by atoms with E-state index < -0.39 is 5.91 Å². The highest BCUT2D eigenvalue weighted by Gasteiger charge is 2.06. The van der Waals surface area contributed by atoms with Gasteiger partial charge in [0.2, 0.25) is 5.91 Å². The molecule has 142 valence electrons. The Morgan fingerprint density at radius 3 is 2.26 bits per heavy atom. The molecule has 2 amide bonds. The molecule has 0 atom stereocenters. The van der Waals surface area contributed by atoms with E-state index in [1.165, 1.54) is 0 Å². The molecule has 2 rings (SSSR count). The molecule has 0 aliphatic heterocycles. The standard InChI is InChI=1S/C20H23N3O3S/c1-2-3-9-18(24)21-20(27)23-22-19(25)14-26-17-12-10-16(11-13-17)15-7-5-4-6-8-15/h4-8,10-13H,2-3,9,14H2,1H3,(H,22,25)(H2,21,23,24,27). The summed E-state index contributed by atoms with van der Waals surface area (Å²) < 4.78 is 5.44. The fourth-order valence-electron chi connectivity index (χ4n) is 2.24. The van der Waals surface area contributed by atoms with Gasteiger partial charge in [0.25, 0.3) is 5.91 Å². The number of hydrogen-bond acceptors (Lipinski definition) is 4. The summed E-state index contributed by atoms with van der Waals surface area (Å²) in [6.07, 6.45) is 2.11. The first-order valence-corrected chi connectivity index (χ1v) is 9.16. The molecule has 0 saturated carbocycles. The quantitative estimate of drug-likeness (QED) is 0.504. The molecule has 0 unspecified atom stereocenters. The van der Waals surface area contributed by atoms with Crippen molar-refractivity contribution >= 4 is 29.1 Å². The molecular weight excluding hydrogens is 362 g/mol. The van der Waals surface area contributed by atoms with E-state index in [1.54, 1.807) is 0 Å². The summed E-state index contributed by atoms with van der Waals surface area (Å²) in [7, 11) is 0. The zero-order chi connectivity index (χ0) is 19.5. The van der Waals surface area contributed by atoms with Gasteiger partial charge >= 0.3 is 0 Å². The monoisotopic (exact) mass is 385 g/mol. The van der Waals surface area contributed by atoms with Gasteiger partial charge in [-0.1, -0.05) is 55.8 Å². The van der Waals surface area contributed by atoms with Gasteiger partial charge in [-0.05, 0) is 41.9 Å². The van der Waals surface area contributed by atoms with Gasteiger partial charge in [-0.3, -0.25) is 20.4 Å². The van der Waals surface area contributed by atoms with Crippen LogP contribution in [0.3, 0.4) is 0 Å². The minimum absolute atomic E-state index is 0.0525. The predicted molar refractivity (Wildman–Crippen MR) is 109 cm³/mol. The second-order valence-electron chi connectivity index (χ2n) is 5.83. The number of benzene rings is 2. The molecule has 2 aromatic carbocycles. The summed E-state index contributed by atoms with van der Waals surface area (Å²) in [5.41, 5.74) is 7.04. The smallest absolute Gasteiger partial charge is 0.276 e. The molecule has 2 aromatic rings. The lowest BCUT2D eigenvalue weighted by Gasteiger charge is -2.11. The van der Waals surface area contributed by atoms with Crippen LogP contribution in [0.4, 0.5) is 0 Å². The summed E-state index contributed by atoms with van der Waals surface area (Å²) in [6, 6.07) is 17.5. The van der Waals surface area contributed by atoms with Gasteiger partial charge in [0.1, 0.15) is 5.75 Å². The Kier molecular flexibility index (Phi) is 8.25. The third-order valence-electron chi connectivity index (χ3n) is 3.66. The van der Waals surface area contributed by atoms with E-state index in [4.69, 9.17) is 17.0 Å². The Morgan fingerprint density at radius 1 is 0.926 bits per heavy atom. The van der Waals surface area contributed by atoms with Gasteiger partial charge in [0, 0.05) is 6.42 Å². The number of hydrogen-bond donors (Lipinski definition) is 3. The number of ether oxygens (including phenoxy) is 1. The maximum Gasteiger partial charge on any atom is 0.276 e. The van der Waals surface area contributed by atoms with Crippen LogP contribution in [0.2, 0.25) is 0 Å². The Bertz CT molecular complexity index is 764. The van der Waals surface area contributed by atoms with Gasteiger partial charge in [0.15, 0.2) is 11.7 Å². The molecule has 6 nitrogen and oxygen atoms in total. The topological polar surface area (TPSA) is 79.5 Å². The van der Waals surface area contributed by atoms with E-state index in [0.29, 0.717) is 12.2 Å². The van der Waals surface area contributed by atoms with Crippen LogP contribution in [0, 0.1) is 0 Å². The van der Waals surface area contributed by atoms with Gasteiger partial charge < -0.3 is 10.1 Å². The Morgan fingerprint density at radius 2 is 1.59 bits per heavy atom. The number of carbonyl (C=O) groups is 2. The number of amides is 2. The predicted octanol–water partition coefficient (Wildman–Crippen LogP) is 2.94. The molecule has 0 heterocycles. The first kappa shape index (κ1) is 20.4. The van der Waals surface area contributed by atoms with Crippen molar-refractivity contribution in [3.63, 3.8) is 0 Å². The number of rotatable bonds is 7. The summed E-state index contributed by atoms with van der Waals surface area (Å²) in [4.78, 5) is 23.3. The summed E-state index contributed by atoms with van der Waals surface area (Å²) >= 11 is 4.94. The highest BCUT2D eigenvalue weighted by molar-refractivity contribution is 7.80. The Balaban J connectivity index is 1.71. The van der Waals surface area contributed by atoms with E-state index in [9.17, 15) is 9.59 Å². The minimum atomic E-state index is -0.410. The number of carbonyl (C=O) groups excluding carboxylic acids is 2. The first-order valence-electron chi connectivity index (χ1n) is 8.75. The van der Waals surface area contributed by atoms with Gasteiger partial charge in [-0.25, -0.2) is 0 Å².